The fourth-order valence-corrected chi connectivity index (χ4v) is 1.45. The van der Waals surface area contributed by atoms with Crippen molar-refractivity contribution < 1.29 is 23.8 Å². The van der Waals surface area contributed by atoms with Gasteiger partial charge in [0.1, 0.15) is 17.6 Å². The number of methoxy groups -OCH3 is 1. The third kappa shape index (κ3) is 6.29. The SMILES string of the molecule is COc1cccc(OC(=O)CCC(=O)OC(C)C(C)C)c1. The number of carbonyl (C=O) groups is 2. The van der Waals surface area contributed by atoms with Gasteiger partial charge in [0.2, 0.25) is 0 Å². The van der Waals surface area contributed by atoms with Crippen LogP contribution >= 0.6 is 0 Å². The molecule has 0 heterocycles. The smallest absolute Gasteiger partial charge is 0.311 e. The molecular weight excluding hydrogens is 272 g/mol. The molecule has 21 heavy (non-hydrogen) atoms. The summed E-state index contributed by atoms with van der Waals surface area (Å²) in [5, 5.41) is 0. The lowest BCUT2D eigenvalue weighted by molar-refractivity contribution is -0.152. The zero-order chi connectivity index (χ0) is 15.8. The maximum absolute atomic E-state index is 11.7. The molecule has 0 fully saturated rings. The van der Waals surface area contributed by atoms with Crippen molar-refractivity contribution in [3.05, 3.63) is 24.3 Å². The Balaban J connectivity index is 2.38. The average Bonchev–Trinajstić information content (AvgIpc) is 2.45. The first-order valence-electron chi connectivity index (χ1n) is 6.96. The lowest BCUT2D eigenvalue weighted by Gasteiger charge is -2.16. The van der Waals surface area contributed by atoms with Gasteiger partial charge in [-0.15, -0.1) is 0 Å². The molecule has 1 atom stereocenters. The molecule has 0 aliphatic heterocycles. The molecule has 1 aromatic rings. The van der Waals surface area contributed by atoms with Crippen LogP contribution in [0.4, 0.5) is 0 Å². The van der Waals surface area contributed by atoms with Crippen LogP contribution < -0.4 is 9.47 Å². The molecule has 0 aromatic heterocycles. The summed E-state index contributed by atoms with van der Waals surface area (Å²) in [5.74, 6) is 0.377. The van der Waals surface area contributed by atoms with Crippen LogP contribution in [0.5, 0.6) is 11.5 Å². The highest BCUT2D eigenvalue weighted by Crippen LogP contribution is 2.19. The molecule has 0 amide bonds. The van der Waals surface area contributed by atoms with Crippen LogP contribution in [0.3, 0.4) is 0 Å². The molecule has 0 bridgehead atoms. The molecule has 0 saturated heterocycles. The van der Waals surface area contributed by atoms with Crippen molar-refractivity contribution in [2.45, 2.75) is 39.7 Å². The summed E-state index contributed by atoms with van der Waals surface area (Å²) in [7, 11) is 1.53. The topological polar surface area (TPSA) is 61.8 Å². The van der Waals surface area contributed by atoms with Gasteiger partial charge >= 0.3 is 11.9 Å². The zero-order valence-corrected chi connectivity index (χ0v) is 12.9. The number of rotatable bonds is 7. The van der Waals surface area contributed by atoms with E-state index in [4.69, 9.17) is 14.2 Å². The van der Waals surface area contributed by atoms with E-state index in [0.29, 0.717) is 11.5 Å². The second kappa shape index (κ2) is 8.29. The van der Waals surface area contributed by atoms with Gasteiger partial charge in [-0.25, -0.2) is 0 Å². The standard InChI is InChI=1S/C16H22O5/c1-11(2)12(3)20-15(17)8-9-16(18)21-14-7-5-6-13(10-14)19-4/h5-7,10-12H,8-9H2,1-4H3. The van der Waals surface area contributed by atoms with E-state index in [9.17, 15) is 9.59 Å². The Bertz CT molecular complexity index is 481. The number of ether oxygens (including phenoxy) is 3. The Morgan fingerprint density at radius 3 is 2.29 bits per heavy atom. The first kappa shape index (κ1) is 17.0. The van der Waals surface area contributed by atoms with Crippen LogP contribution in [-0.4, -0.2) is 25.2 Å². The Kier molecular flexibility index (Phi) is 6.72. The molecule has 0 radical (unpaired) electrons. The maximum atomic E-state index is 11.7. The summed E-state index contributed by atoms with van der Waals surface area (Å²) < 4.78 is 15.4. The van der Waals surface area contributed by atoms with Gasteiger partial charge in [0.15, 0.2) is 0 Å². The summed E-state index contributed by atoms with van der Waals surface area (Å²) in [6.45, 7) is 5.77. The highest BCUT2D eigenvalue weighted by atomic mass is 16.5. The third-order valence-corrected chi connectivity index (χ3v) is 3.06. The van der Waals surface area contributed by atoms with Gasteiger partial charge in [0, 0.05) is 6.07 Å². The fraction of sp³-hybridized carbons (Fsp3) is 0.500. The van der Waals surface area contributed by atoms with E-state index in [1.165, 1.54) is 7.11 Å². The number of benzene rings is 1. The second-order valence-electron chi connectivity index (χ2n) is 5.09. The van der Waals surface area contributed by atoms with Gasteiger partial charge in [0.25, 0.3) is 0 Å². The molecule has 0 aliphatic carbocycles. The Labute approximate surface area is 125 Å². The monoisotopic (exact) mass is 294 g/mol. The fourth-order valence-electron chi connectivity index (χ4n) is 1.45. The summed E-state index contributed by atoms with van der Waals surface area (Å²) >= 11 is 0. The van der Waals surface area contributed by atoms with Crippen LogP contribution in [0.25, 0.3) is 0 Å². The molecule has 0 saturated carbocycles. The highest BCUT2D eigenvalue weighted by molar-refractivity contribution is 5.79. The van der Waals surface area contributed by atoms with Crippen LogP contribution in [-0.2, 0) is 14.3 Å². The number of esters is 2. The summed E-state index contributed by atoms with van der Waals surface area (Å²) in [6.07, 6.45) is -0.160. The molecule has 5 nitrogen and oxygen atoms in total. The first-order chi connectivity index (χ1) is 9.92. The minimum Gasteiger partial charge on any atom is -0.497 e. The zero-order valence-electron chi connectivity index (χ0n) is 12.9. The predicted octanol–water partition coefficient (Wildman–Crippen LogP) is 2.97. The molecule has 1 rings (SSSR count). The van der Waals surface area contributed by atoms with Gasteiger partial charge < -0.3 is 14.2 Å². The molecule has 0 N–H and O–H groups in total. The molecule has 1 aromatic carbocycles. The van der Waals surface area contributed by atoms with E-state index in [1.807, 2.05) is 20.8 Å². The van der Waals surface area contributed by atoms with E-state index < -0.39 is 11.9 Å². The van der Waals surface area contributed by atoms with Gasteiger partial charge in [-0.2, -0.15) is 0 Å². The number of carbonyl (C=O) groups excluding carboxylic acids is 2. The molecule has 1 unspecified atom stereocenters. The van der Waals surface area contributed by atoms with E-state index >= 15 is 0 Å². The van der Waals surface area contributed by atoms with E-state index in [1.54, 1.807) is 24.3 Å². The van der Waals surface area contributed by atoms with Crippen LogP contribution in [0.2, 0.25) is 0 Å². The lowest BCUT2D eigenvalue weighted by Crippen LogP contribution is -2.21. The minimum absolute atomic E-state index is 0.0130. The minimum atomic E-state index is -0.475. The van der Waals surface area contributed by atoms with Crippen LogP contribution in [0.1, 0.15) is 33.6 Å². The molecule has 5 heteroatoms. The van der Waals surface area contributed by atoms with Crippen molar-refractivity contribution in [1.82, 2.24) is 0 Å². The summed E-state index contributed by atoms with van der Waals surface area (Å²) in [5.41, 5.74) is 0. The van der Waals surface area contributed by atoms with Crippen molar-refractivity contribution in [3.63, 3.8) is 0 Å². The van der Waals surface area contributed by atoms with Crippen LogP contribution in [0, 0.1) is 5.92 Å². The quantitative estimate of drug-likeness (QED) is 0.571. The molecule has 116 valence electrons. The molecular formula is C16H22O5. The first-order valence-corrected chi connectivity index (χ1v) is 6.96. The van der Waals surface area contributed by atoms with Crippen LogP contribution in [0.15, 0.2) is 24.3 Å². The molecule has 0 spiro atoms. The van der Waals surface area contributed by atoms with Crippen molar-refractivity contribution in [3.8, 4) is 11.5 Å². The lowest BCUT2D eigenvalue weighted by atomic mass is 10.1. The average molecular weight is 294 g/mol. The van der Waals surface area contributed by atoms with Gasteiger partial charge in [-0.1, -0.05) is 19.9 Å². The number of hydrogen-bond acceptors (Lipinski definition) is 5. The van der Waals surface area contributed by atoms with E-state index in [2.05, 4.69) is 0 Å². The summed E-state index contributed by atoms with van der Waals surface area (Å²) in [4.78, 5) is 23.2. The Morgan fingerprint density at radius 1 is 1.05 bits per heavy atom. The third-order valence-electron chi connectivity index (χ3n) is 3.06. The largest absolute Gasteiger partial charge is 0.497 e. The van der Waals surface area contributed by atoms with Gasteiger partial charge in [-0.05, 0) is 25.0 Å². The van der Waals surface area contributed by atoms with Crippen molar-refractivity contribution in [2.75, 3.05) is 7.11 Å². The molecule has 0 aliphatic rings. The van der Waals surface area contributed by atoms with Crippen molar-refractivity contribution in [2.24, 2.45) is 5.92 Å². The maximum Gasteiger partial charge on any atom is 0.311 e. The normalized spacial score (nSPS) is 11.9. The highest BCUT2D eigenvalue weighted by Gasteiger charge is 2.15. The Hall–Kier alpha value is -2.04. The van der Waals surface area contributed by atoms with E-state index in [-0.39, 0.29) is 24.9 Å². The predicted molar refractivity (Wildman–Crippen MR) is 78.3 cm³/mol. The van der Waals surface area contributed by atoms with Gasteiger partial charge in [-0.3, -0.25) is 9.59 Å². The van der Waals surface area contributed by atoms with Gasteiger partial charge in [0.05, 0.1) is 20.0 Å². The Morgan fingerprint density at radius 2 is 1.67 bits per heavy atom. The van der Waals surface area contributed by atoms with Crippen molar-refractivity contribution >= 4 is 11.9 Å². The van der Waals surface area contributed by atoms with Crippen molar-refractivity contribution in [1.29, 1.82) is 0 Å². The van der Waals surface area contributed by atoms with E-state index in [0.717, 1.165) is 0 Å². The summed E-state index contributed by atoms with van der Waals surface area (Å²) in [6, 6.07) is 6.73. The second-order valence-corrected chi connectivity index (χ2v) is 5.09. The number of hydrogen-bond donors (Lipinski definition) is 0.